The summed E-state index contributed by atoms with van der Waals surface area (Å²) in [6.07, 6.45) is 6.18. The lowest BCUT2D eigenvalue weighted by atomic mass is 10.1. The molecular formula is C24H34F2N4O2Si. The molecule has 0 aliphatic carbocycles. The van der Waals surface area contributed by atoms with Crippen LogP contribution in [0.3, 0.4) is 0 Å². The topological polar surface area (TPSA) is 69.0 Å². The summed E-state index contributed by atoms with van der Waals surface area (Å²) in [6, 6.07) is 3.33. The third-order valence-electron chi connectivity index (χ3n) is 6.01. The molecule has 1 N–H and O–H groups in total. The van der Waals surface area contributed by atoms with Gasteiger partial charge in [0.25, 0.3) is 0 Å². The molecule has 9 heteroatoms. The van der Waals surface area contributed by atoms with Gasteiger partial charge in [0, 0.05) is 11.8 Å². The number of hydrogen-bond donors (Lipinski definition) is 1. The molecule has 0 saturated carbocycles. The van der Waals surface area contributed by atoms with Crippen molar-refractivity contribution in [3.05, 3.63) is 55.5 Å². The maximum absolute atomic E-state index is 13.7. The number of nitrogens with one attached hydrogen (secondary N) is 1. The molecule has 0 saturated heterocycles. The zero-order valence-electron chi connectivity index (χ0n) is 20.2. The van der Waals surface area contributed by atoms with Gasteiger partial charge in [-0.25, -0.2) is 4.68 Å². The van der Waals surface area contributed by atoms with Crippen LogP contribution in [0.25, 0.3) is 11.3 Å². The Bertz CT molecular complexity index is 999. The molecule has 2 atom stereocenters. The minimum atomic E-state index is -2.88. The molecule has 180 valence electrons. The van der Waals surface area contributed by atoms with Crippen molar-refractivity contribution in [2.24, 2.45) is 5.92 Å². The highest BCUT2D eigenvalue weighted by Crippen LogP contribution is 2.41. The first-order chi connectivity index (χ1) is 15.3. The Morgan fingerprint density at radius 3 is 2.55 bits per heavy atom. The lowest BCUT2D eigenvalue weighted by Gasteiger charge is -2.39. The van der Waals surface area contributed by atoms with Crippen LogP contribution in [0.15, 0.2) is 49.8 Å². The van der Waals surface area contributed by atoms with E-state index in [2.05, 4.69) is 62.4 Å². The van der Waals surface area contributed by atoms with Crippen molar-refractivity contribution in [2.75, 3.05) is 5.32 Å². The molecule has 2 aromatic rings. The predicted molar refractivity (Wildman–Crippen MR) is 131 cm³/mol. The van der Waals surface area contributed by atoms with Crippen molar-refractivity contribution in [2.45, 2.75) is 64.9 Å². The summed E-state index contributed by atoms with van der Waals surface area (Å²) in [5.74, 6) is -0.851. The molecular weight excluding hydrogens is 442 g/mol. The number of amides is 1. The molecule has 1 amide bonds. The van der Waals surface area contributed by atoms with E-state index in [1.807, 2.05) is 0 Å². The van der Waals surface area contributed by atoms with Crippen LogP contribution in [-0.4, -0.2) is 29.0 Å². The van der Waals surface area contributed by atoms with Gasteiger partial charge in [-0.2, -0.15) is 13.9 Å². The second kappa shape index (κ2) is 10.5. The van der Waals surface area contributed by atoms with Crippen LogP contribution >= 0.6 is 0 Å². The van der Waals surface area contributed by atoms with Gasteiger partial charge in [-0.1, -0.05) is 39.8 Å². The number of alkyl halides is 2. The Morgan fingerprint density at radius 1 is 1.33 bits per heavy atom. The Hall–Kier alpha value is -2.65. The van der Waals surface area contributed by atoms with Crippen LogP contribution in [0, 0.1) is 5.92 Å². The monoisotopic (exact) mass is 476 g/mol. The fraction of sp³-hybridized carbons (Fsp3) is 0.458. The van der Waals surface area contributed by atoms with Crippen molar-refractivity contribution in [1.82, 2.24) is 14.8 Å². The highest BCUT2D eigenvalue weighted by molar-refractivity contribution is 6.74. The molecule has 0 aliphatic heterocycles. The van der Waals surface area contributed by atoms with E-state index >= 15 is 0 Å². The lowest BCUT2D eigenvalue weighted by molar-refractivity contribution is -0.118. The van der Waals surface area contributed by atoms with E-state index in [1.165, 1.54) is 12.3 Å². The van der Waals surface area contributed by atoms with Crippen LogP contribution in [0.2, 0.25) is 18.1 Å². The number of carbonyl (C=O) groups excluding carboxylic acids is 1. The van der Waals surface area contributed by atoms with Gasteiger partial charge in [-0.05, 0) is 36.7 Å². The van der Waals surface area contributed by atoms with Crippen molar-refractivity contribution >= 4 is 19.9 Å². The van der Waals surface area contributed by atoms with Gasteiger partial charge in [0.15, 0.2) is 8.32 Å². The van der Waals surface area contributed by atoms with Crippen LogP contribution in [0.5, 0.6) is 0 Å². The molecule has 0 aliphatic rings. The van der Waals surface area contributed by atoms with Crippen molar-refractivity contribution in [3.8, 4) is 11.3 Å². The molecule has 0 aromatic carbocycles. The number of nitrogens with zero attached hydrogens (tertiary/aromatic N) is 3. The molecule has 6 nitrogen and oxygen atoms in total. The van der Waals surface area contributed by atoms with Gasteiger partial charge >= 0.3 is 6.55 Å². The average Bonchev–Trinajstić information content (AvgIpc) is 3.15. The zero-order valence-corrected chi connectivity index (χ0v) is 21.2. The first-order valence-corrected chi connectivity index (χ1v) is 13.8. The Balaban J connectivity index is 2.53. The fourth-order valence-corrected chi connectivity index (χ4v) is 4.21. The summed E-state index contributed by atoms with van der Waals surface area (Å²) in [5, 5.41) is 6.46. The second-order valence-electron chi connectivity index (χ2n) is 9.50. The van der Waals surface area contributed by atoms with Gasteiger partial charge in [-0.15, -0.1) is 13.2 Å². The van der Waals surface area contributed by atoms with E-state index in [1.54, 1.807) is 31.3 Å². The van der Waals surface area contributed by atoms with Gasteiger partial charge in [0.05, 0.1) is 35.3 Å². The van der Waals surface area contributed by atoms with Crippen molar-refractivity contribution in [1.29, 1.82) is 0 Å². The number of carbonyl (C=O) groups is 1. The quantitative estimate of drug-likeness (QED) is 0.304. The van der Waals surface area contributed by atoms with Gasteiger partial charge in [0.2, 0.25) is 5.91 Å². The van der Waals surface area contributed by atoms with Gasteiger partial charge < -0.3 is 9.74 Å². The third-order valence-corrected chi connectivity index (χ3v) is 10.5. The maximum Gasteiger partial charge on any atom is 0.333 e. The Morgan fingerprint density at radius 2 is 2.00 bits per heavy atom. The SMILES string of the molecule is C=CCC(O[Si](C)(C)C(C)(C)C)c1cc(-c2c(NC(=O)[C@H](C)C=C)cnn2C(F)F)ccn1. The van der Waals surface area contributed by atoms with Crippen LogP contribution < -0.4 is 5.32 Å². The first-order valence-electron chi connectivity index (χ1n) is 10.9. The van der Waals surface area contributed by atoms with E-state index in [0.29, 0.717) is 22.4 Å². The Labute approximate surface area is 195 Å². The normalized spacial score (nSPS) is 14.1. The third kappa shape index (κ3) is 6.23. The minimum absolute atomic E-state index is 0.0162. The highest BCUT2D eigenvalue weighted by atomic mass is 28.4. The zero-order chi connectivity index (χ0) is 25.0. The number of aromatic nitrogens is 3. The molecule has 2 rings (SSSR count). The standard InChI is InChI=1S/C24H34F2N4O2Si/c1-9-11-20(32-33(7,8)24(4,5)6)18-14-17(12-13-27-18)21-19(15-28-30(21)23(25)26)29-22(31)16(3)10-2/h9-10,12-16,20,23H,1-2,11H2,3-8H3,(H,29,31)/t16-,20?/m1/s1. The number of rotatable bonds is 10. The summed E-state index contributed by atoms with van der Waals surface area (Å²) in [7, 11) is -2.14. The van der Waals surface area contributed by atoms with Gasteiger partial charge in [0.1, 0.15) is 0 Å². The number of anilines is 1. The summed E-state index contributed by atoms with van der Waals surface area (Å²) in [6.45, 7) is 17.0. The summed E-state index contributed by atoms with van der Waals surface area (Å²) >= 11 is 0. The largest absolute Gasteiger partial charge is 0.408 e. The van der Waals surface area contributed by atoms with Gasteiger partial charge in [-0.3, -0.25) is 9.78 Å². The number of halogens is 2. The van der Waals surface area contributed by atoms with E-state index in [4.69, 9.17) is 4.43 Å². The van der Waals surface area contributed by atoms with E-state index in [9.17, 15) is 13.6 Å². The van der Waals surface area contributed by atoms with E-state index < -0.39 is 20.8 Å². The predicted octanol–water partition coefficient (Wildman–Crippen LogP) is 6.74. The van der Waals surface area contributed by atoms with Crippen molar-refractivity contribution < 1.29 is 18.0 Å². The molecule has 0 radical (unpaired) electrons. The second-order valence-corrected chi connectivity index (χ2v) is 14.3. The summed E-state index contributed by atoms with van der Waals surface area (Å²) in [4.78, 5) is 16.8. The molecule has 0 bridgehead atoms. The molecule has 0 fully saturated rings. The highest BCUT2D eigenvalue weighted by Gasteiger charge is 2.39. The van der Waals surface area contributed by atoms with E-state index in [0.717, 1.165) is 0 Å². The molecule has 2 heterocycles. The minimum Gasteiger partial charge on any atom is -0.408 e. The van der Waals surface area contributed by atoms with Crippen LogP contribution in [-0.2, 0) is 9.22 Å². The van der Waals surface area contributed by atoms with Crippen LogP contribution in [0.4, 0.5) is 14.5 Å². The van der Waals surface area contributed by atoms with Crippen LogP contribution in [0.1, 0.15) is 52.5 Å². The number of pyridine rings is 1. The molecule has 2 aromatic heterocycles. The molecule has 1 unspecified atom stereocenters. The summed E-state index contributed by atoms with van der Waals surface area (Å²) in [5.41, 5.74) is 1.35. The molecule has 33 heavy (non-hydrogen) atoms. The fourth-order valence-electron chi connectivity index (χ4n) is 2.93. The average molecular weight is 477 g/mol. The summed E-state index contributed by atoms with van der Waals surface area (Å²) < 4.78 is 34.7. The Kier molecular flexibility index (Phi) is 8.48. The van der Waals surface area contributed by atoms with Crippen molar-refractivity contribution in [3.63, 3.8) is 0 Å². The smallest absolute Gasteiger partial charge is 0.333 e. The maximum atomic E-state index is 13.7. The lowest BCUT2D eigenvalue weighted by Crippen LogP contribution is -2.41. The van der Waals surface area contributed by atoms with E-state index in [-0.39, 0.29) is 28.4 Å². The number of hydrogen-bond acceptors (Lipinski definition) is 4. The molecule has 0 spiro atoms. The first kappa shape index (κ1) is 26.6.